The average molecular weight is 221 g/mol. The van der Waals surface area contributed by atoms with Crippen LogP contribution < -0.4 is 0 Å². The molecule has 1 aliphatic rings. The summed E-state index contributed by atoms with van der Waals surface area (Å²) < 4.78 is 0. The van der Waals surface area contributed by atoms with Crippen molar-refractivity contribution in [3.05, 3.63) is 29.3 Å². The van der Waals surface area contributed by atoms with Crippen molar-refractivity contribution < 1.29 is 19.8 Å². The molecule has 5 heteroatoms. The summed E-state index contributed by atoms with van der Waals surface area (Å²) in [6.45, 7) is 0.108. The number of fused-ring (bicyclic) bond motifs is 1. The third-order valence-electron chi connectivity index (χ3n) is 2.59. The third-order valence-corrected chi connectivity index (χ3v) is 2.59. The van der Waals surface area contributed by atoms with E-state index in [0.29, 0.717) is 18.5 Å². The van der Waals surface area contributed by atoms with Crippen molar-refractivity contribution in [3.8, 4) is 5.75 Å². The number of hydrogen-bond donors (Lipinski definition) is 2. The first-order valence-corrected chi connectivity index (χ1v) is 4.91. The van der Waals surface area contributed by atoms with Gasteiger partial charge in [-0.25, -0.2) is 0 Å². The lowest BCUT2D eigenvalue weighted by molar-refractivity contribution is -0.137. The maximum absolute atomic E-state index is 11.9. The molecular weight excluding hydrogens is 210 g/mol. The Kier molecular flexibility index (Phi) is 2.52. The zero-order chi connectivity index (χ0) is 11.7. The van der Waals surface area contributed by atoms with Crippen LogP contribution >= 0.6 is 0 Å². The number of rotatable bonds is 2. The van der Waals surface area contributed by atoms with Crippen LogP contribution in [0, 0.1) is 0 Å². The van der Waals surface area contributed by atoms with Crippen molar-refractivity contribution in [1.29, 1.82) is 0 Å². The van der Waals surface area contributed by atoms with E-state index in [2.05, 4.69) is 0 Å². The number of carbonyl (C=O) groups excluding carboxylic acids is 1. The van der Waals surface area contributed by atoms with E-state index in [0.717, 1.165) is 5.56 Å². The number of phenols is 1. The van der Waals surface area contributed by atoms with E-state index in [-0.39, 0.29) is 18.2 Å². The van der Waals surface area contributed by atoms with Gasteiger partial charge < -0.3 is 15.1 Å². The van der Waals surface area contributed by atoms with Gasteiger partial charge in [0.05, 0.1) is 0 Å². The Labute approximate surface area is 91.9 Å². The predicted molar refractivity (Wildman–Crippen MR) is 55.4 cm³/mol. The summed E-state index contributed by atoms with van der Waals surface area (Å²) in [5.41, 5.74) is 1.25. The number of benzene rings is 1. The molecular formula is C11H11NO4. The zero-order valence-electron chi connectivity index (χ0n) is 8.51. The molecule has 1 aromatic rings. The Morgan fingerprint density at radius 1 is 1.44 bits per heavy atom. The number of carbonyl (C=O) groups is 2. The van der Waals surface area contributed by atoms with E-state index in [1.165, 1.54) is 17.0 Å². The predicted octanol–water partition coefficient (Wildman–Crippen LogP) is 0.475. The molecule has 0 saturated carbocycles. The molecule has 0 radical (unpaired) electrons. The number of carboxylic acid groups (broad SMARTS) is 1. The normalized spacial score (nSPS) is 14.8. The van der Waals surface area contributed by atoms with Crippen molar-refractivity contribution >= 4 is 11.9 Å². The first-order valence-electron chi connectivity index (χ1n) is 4.91. The Bertz CT molecular complexity index is 455. The number of amides is 1. The molecule has 2 rings (SSSR count). The second-order valence-corrected chi connectivity index (χ2v) is 3.71. The molecule has 16 heavy (non-hydrogen) atoms. The quantitative estimate of drug-likeness (QED) is 0.761. The highest BCUT2D eigenvalue weighted by Crippen LogP contribution is 2.22. The lowest BCUT2D eigenvalue weighted by Crippen LogP contribution is -2.40. The maximum atomic E-state index is 11.9. The summed E-state index contributed by atoms with van der Waals surface area (Å²) in [5.74, 6) is -1.35. The average Bonchev–Trinajstić information content (AvgIpc) is 2.22. The SMILES string of the molecule is O=C(O)CN1CCc2ccc(O)cc2C1=O. The molecule has 2 N–H and O–H groups in total. The van der Waals surface area contributed by atoms with E-state index in [4.69, 9.17) is 5.11 Å². The van der Waals surface area contributed by atoms with Gasteiger partial charge in [-0.2, -0.15) is 0 Å². The van der Waals surface area contributed by atoms with Gasteiger partial charge in [0.1, 0.15) is 12.3 Å². The Hall–Kier alpha value is -2.04. The second-order valence-electron chi connectivity index (χ2n) is 3.71. The monoisotopic (exact) mass is 221 g/mol. The van der Waals surface area contributed by atoms with Crippen LogP contribution in [0.2, 0.25) is 0 Å². The van der Waals surface area contributed by atoms with Gasteiger partial charge in [0.15, 0.2) is 0 Å². The highest BCUT2D eigenvalue weighted by Gasteiger charge is 2.25. The minimum Gasteiger partial charge on any atom is -0.508 e. The van der Waals surface area contributed by atoms with E-state index >= 15 is 0 Å². The van der Waals surface area contributed by atoms with Crippen molar-refractivity contribution in [2.75, 3.05) is 13.1 Å². The van der Waals surface area contributed by atoms with Crippen LogP contribution in [-0.4, -0.2) is 40.1 Å². The highest BCUT2D eigenvalue weighted by atomic mass is 16.4. The van der Waals surface area contributed by atoms with Crippen molar-refractivity contribution in [2.24, 2.45) is 0 Å². The van der Waals surface area contributed by atoms with Crippen LogP contribution in [0.15, 0.2) is 18.2 Å². The molecule has 1 aliphatic heterocycles. The largest absolute Gasteiger partial charge is 0.508 e. The summed E-state index contributed by atoms with van der Waals surface area (Å²) in [4.78, 5) is 23.7. The first kappa shape index (κ1) is 10.5. The number of carboxylic acids is 1. The van der Waals surface area contributed by atoms with Gasteiger partial charge in [0, 0.05) is 12.1 Å². The highest BCUT2D eigenvalue weighted by molar-refractivity contribution is 5.98. The van der Waals surface area contributed by atoms with E-state index in [9.17, 15) is 14.7 Å². The fraction of sp³-hybridized carbons (Fsp3) is 0.273. The molecule has 1 amide bonds. The van der Waals surface area contributed by atoms with Gasteiger partial charge >= 0.3 is 5.97 Å². The van der Waals surface area contributed by atoms with Gasteiger partial charge in [-0.1, -0.05) is 6.07 Å². The minimum absolute atomic E-state index is 0.0178. The fourth-order valence-corrected chi connectivity index (χ4v) is 1.82. The number of nitrogens with zero attached hydrogens (tertiary/aromatic N) is 1. The molecule has 0 fully saturated rings. The lowest BCUT2D eigenvalue weighted by Gasteiger charge is -2.27. The molecule has 1 heterocycles. The standard InChI is InChI=1S/C11H11NO4/c13-8-2-1-7-3-4-12(6-10(14)15)11(16)9(7)5-8/h1-2,5,13H,3-4,6H2,(H,14,15). The summed E-state index contributed by atoms with van der Waals surface area (Å²) in [7, 11) is 0. The van der Waals surface area contributed by atoms with Crippen LogP contribution in [-0.2, 0) is 11.2 Å². The molecule has 0 atom stereocenters. The molecule has 0 saturated heterocycles. The number of aromatic hydroxyl groups is 1. The van der Waals surface area contributed by atoms with Crippen LogP contribution in [0.1, 0.15) is 15.9 Å². The number of aliphatic carboxylic acids is 1. The van der Waals surface area contributed by atoms with Gasteiger partial charge in [-0.3, -0.25) is 9.59 Å². The van der Waals surface area contributed by atoms with Gasteiger partial charge in [-0.05, 0) is 24.1 Å². The molecule has 0 aliphatic carbocycles. The molecule has 5 nitrogen and oxygen atoms in total. The van der Waals surface area contributed by atoms with Gasteiger partial charge in [-0.15, -0.1) is 0 Å². The molecule has 0 unspecified atom stereocenters. The summed E-state index contributed by atoms with van der Waals surface area (Å²) in [5, 5.41) is 17.9. The molecule has 0 spiro atoms. The van der Waals surface area contributed by atoms with E-state index < -0.39 is 5.97 Å². The van der Waals surface area contributed by atoms with Gasteiger partial charge in [0.25, 0.3) is 5.91 Å². The lowest BCUT2D eigenvalue weighted by atomic mass is 9.99. The van der Waals surface area contributed by atoms with Crippen LogP contribution in [0.3, 0.4) is 0 Å². The number of phenolic OH excluding ortho intramolecular Hbond substituents is 1. The van der Waals surface area contributed by atoms with E-state index in [1.807, 2.05) is 0 Å². The fourth-order valence-electron chi connectivity index (χ4n) is 1.82. The smallest absolute Gasteiger partial charge is 0.323 e. The van der Waals surface area contributed by atoms with Crippen molar-refractivity contribution in [3.63, 3.8) is 0 Å². The Morgan fingerprint density at radius 2 is 2.19 bits per heavy atom. The van der Waals surface area contributed by atoms with E-state index in [1.54, 1.807) is 6.07 Å². The van der Waals surface area contributed by atoms with Crippen LogP contribution in [0.5, 0.6) is 5.75 Å². The number of hydrogen-bond acceptors (Lipinski definition) is 3. The molecule has 84 valence electrons. The summed E-state index contributed by atoms with van der Waals surface area (Å²) >= 11 is 0. The summed E-state index contributed by atoms with van der Waals surface area (Å²) in [6, 6.07) is 4.60. The van der Waals surface area contributed by atoms with Gasteiger partial charge in [0.2, 0.25) is 0 Å². The minimum atomic E-state index is -1.03. The van der Waals surface area contributed by atoms with Crippen LogP contribution in [0.4, 0.5) is 0 Å². The first-order chi connectivity index (χ1) is 7.58. The molecule has 1 aromatic carbocycles. The summed E-state index contributed by atoms with van der Waals surface area (Å²) in [6.07, 6.45) is 0.620. The Morgan fingerprint density at radius 3 is 2.88 bits per heavy atom. The zero-order valence-corrected chi connectivity index (χ0v) is 8.51. The third kappa shape index (κ3) is 1.84. The van der Waals surface area contributed by atoms with Crippen LogP contribution in [0.25, 0.3) is 0 Å². The van der Waals surface area contributed by atoms with Crippen molar-refractivity contribution in [2.45, 2.75) is 6.42 Å². The maximum Gasteiger partial charge on any atom is 0.323 e. The topological polar surface area (TPSA) is 77.8 Å². The molecule has 0 aromatic heterocycles. The Balaban J connectivity index is 2.30. The second kappa shape index (κ2) is 3.84. The molecule has 0 bridgehead atoms. The van der Waals surface area contributed by atoms with Crippen molar-refractivity contribution in [1.82, 2.24) is 4.90 Å².